The highest BCUT2D eigenvalue weighted by Crippen LogP contribution is 2.27. The van der Waals surface area contributed by atoms with E-state index in [1.807, 2.05) is 0 Å². The van der Waals surface area contributed by atoms with Crippen molar-refractivity contribution in [2.45, 2.75) is 71.0 Å². The van der Waals surface area contributed by atoms with E-state index in [4.69, 9.17) is 4.74 Å². The summed E-state index contributed by atoms with van der Waals surface area (Å²) in [6.45, 7) is 5.21. The minimum atomic E-state index is -0.345. The van der Waals surface area contributed by atoms with E-state index in [0.717, 1.165) is 44.3 Å². The highest BCUT2D eigenvalue weighted by molar-refractivity contribution is 5.33. The van der Waals surface area contributed by atoms with Gasteiger partial charge < -0.3 is 9.84 Å². The van der Waals surface area contributed by atoms with Gasteiger partial charge in [-0.15, -0.1) is 0 Å². The van der Waals surface area contributed by atoms with Crippen LogP contribution in [0.2, 0.25) is 0 Å². The van der Waals surface area contributed by atoms with Crippen LogP contribution in [0.5, 0.6) is 0 Å². The molecule has 1 saturated heterocycles. The summed E-state index contributed by atoms with van der Waals surface area (Å²) in [5, 5.41) is 10.5. The number of benzene rings is 1. The van der Waals surface area contributed by atoms with E-state index in [9.17, 15) is 5.11 Å². The molecule has 1 aromatic carbocycles. The quantitative estimate of drug-likeness (QED) is 0.844. The van der Waals surface area contributed by atoms with Crippen LogP contribution in [0.3, 0.4) is 0 Å². The maximum Gasteiger partial charge on any atom is 0.0793 e. The van der Waals surface area contributed by atoms with Crippen molar-refractivity contribution in [3.8, 4) is 0 Å². The standard InChI is InChI=1S/C18H28O2/c1-3-14-8-9-15(4-2)17(13-14)18(19)11-10-16-7-5-6-12-20-16/h8-9,13,16,18-19H,3-7,10-12H2,1-2H3. The molecule has 2 atom stereocenters. The van der Waals surface area contributed by atoms with Crippen LogP contribution < -0.4 is 0 Å². The Morgan fingerprint density at radius 1 is 1.25 bits per heavy atom. The molecular weight excluding hydrogens is 248 g/mol. The van der Waals surface area contributed by atoms with Crippen molar-refractivity contribution >= 4 is 0 Å². The molecule has 1 N–H and O–H groups in total. The largest absolute Gasteiger partial charge is 0.388 e. The lowest BCUT2D eigenvalue weighted by atomic mass is 9.93. The maximum absolute atomic E-state index is 10.5. The smallest absolute Gasteiger partial charge is 0.0793 e. The Hall–Kier alpha value is -0.860. The SMILES string of the molecule is CCc1ccc(CC)c(C(O)CCC2CCCCO2)c1. The van der Waals surface area contributed by atoms with Gasteiger partial charge in [-0.3, -0.25) is 0 Å². The lowest BCUT2D eigenvalue weighted by Gasteiger charge is -2.24. The molecule has 112 valence electrons. The fraction of sp³-hybridized carbons (Fsp3) is 0.667. The Kier molecular flexibility index (Phi) is 6.06. The number of aliphatic hydroxyl groups excluding tert-OH is 1. The van der Waals surface area contributed by atoms with Gasteiger partial charge in [-0.2, -0.15) is 0 Å². The third kappa shape index (κ3) is 4.07. The second-order valence-electron chi connectivity index (χ2n) is 5.82. The first-order valence-electron chi connectivity index (χ1n) is 8.16. The summed E-state index contributed by atoms with van der Waals surface area (Å²) in [5.74, 6) is 0. The molecule has 2 rings (SSSR count). The predicted molar refractivity (Wildman–Crippen MR) is 83.0 cm³/mol. The monoisotopic (exact) mass is 276 g/mol. The average molecular weight is 276 g/mol. The number of aliphatic hydroxyl groups is 1. The van der Waals surface area contributed by atoms with Crippen molar-refractivity contribution in [2.24, 2.45) is 0 Å². The zero-order valence-electron chi connectivity index (χ0n) is 12.9. The maximum atomic E-state index is 10.5. The molecule has 20 heavy (non-hydrogen) atoms. The van der Waals surface area contributed by atoms with Crippen LogP contribution in [-0.4, -0.2) is 17.8 Å². The highest BCUT2D eigenvalue weighted by Gasteiger charge is 2.18. The first kappa shape index (κ1) is 15.5. The summed E-state index contributed by atoms with van der Waals surface area (Å²) < 4.78 is 5.75. The summed E-state index contributed by atoms with van der Waals surface area (Å²) in [5.41, 5.74) is 3.71. The Morgan fingerprint density at radius 3 is 2.75 bits per heavy atom. The van der Waals surface area contributed by atoms with Gasteiger partial charge in [-0.05, 0) is 61.6 Å². The lowest BCUT2D eigenvalue weighted by Crippen LogP contribution is -2.19. The number of hydrogen-bond donors (Lipinski definition) is 1. The number of rotatable bonds is 6. The van der Waals surface area contributed by atoms with Crippen molar-refractivity contribution < 1.29 is 9.84 Å². The van der Waals surface area contributed by atoms with Crippen molar-refractivity contribution in [3.63, 3.8) is 0 Å². The van der Waals surface area contributed by atoms with Gasteiger partial charge in [0, 0.05) is 6.61 Å². The van der Waals surface area contributed by atoms with Gasteiger partial charge >= 0.3 is 0 Å². The van der Waals surface area contributed by atoms with Gasteiger partial charge in [-0.1, -0.05) is 32.0 Å². The summed E-state index contributed by atoms with van der Waals surface area (Å²) in [6, 6.07) is 6.54. The van der Waals surface area contributed by atoms with E-state index in [1.54, 1.807) is 0 Å². The zero-order chi connectivity index (χ0) is 14.4. The van der Waals surface area contributed by atoms with Crippen LogP contribution in [0.15, 0.2) is 18.2 Å². The lowest BCUT2D eigenvalue weighted by molar-refractivity contribution is 0.00207. The van der Waals surface area contributed by atoms with E-state index in [1.165, 1.54) is 24.0 Å². The molecule has 2 heteroatoms. The van der Waals surface area contributed by atoms with Crippen molar-refractivity contribution in [3.05, 3.63) is 34.9 Å². The highest BCUT2D eigenvalue weighted by atomic mass is 16.5. The molecule has 0 amide bonds. The summed E-state index contributed by atoms with van der Waals surface area (Å²) in [4.78, 5) is 0. The third-order valence-electron chi connectivity index (χ3n) is 4.39. The Labute approximate surface area is 123 Å². The van der Waals surface area contributed by atoms with Crippen molar-refractivity contribution in [2.75, 3.05) is 6.61 Å². The predicted octanol–water partition coefficient (Wildman–Crippen LogP) is 4.19. The van der Waals surface area contributed by atoms with Gasteiger partial charge in [-0.25, -0.2) is 0 Å². The molecule has 0 radical (unpaired) electrons. The van der Waals surface area contributed by atoms with Crippen molar-refractivity contribution in [1.82, 2.24) is 0 Å². The van der Waals surface area contributed by atoms with Crippen LogP contribution >= 0.6 is 0 Å². The van der Waals surface area contributed by atoms with E-state index in [2.05, 4.69) is 32.0 Å². The Balaban J connectivity index is 1.98. The van der Waals surface area contributed by atoms with Gasteiger partial charge in [0.2, 0.25) is 0 Å². The Morgan fingerprint density at radius 2 is 2.10 bits per heavy atom. The molecule has 1 aromatic rings. The minimum absolute atomic E-state index is 0.345. The van der Waals surface area contributed by atoms with Crippen LogP contribution in [0.1, 0.15) is 68.7 Å². The van der Waals surface area contributed by atoms with Gasteiger partial charge in [0.15, 0.2) is 0 Å². The Bertz CT molecular complexity index is 408. The van der Waals surface area contributed by atoms with E-state index in [-0.39, 0.29) is 6.10 Å². The molecule has 1 fully saturated rings. The summed E-state index contributed by atoms with van der Waals surface area (Å²) in [7, 11) is 0. The van der Waals surface area contributed by atoms with Crippen molar-refractivity contribution in [1.29, 1.82) is 0 Å². The molecule has 0 spiro atoms. The number of ether oxygens (including phenoxy) is 1. The second kappa shape index (κ2) is 7.80. The topological polar surface area (TPSA) is 29.5 Å². The van der Waals surface area contributed by atoms with Gasteiger partial charge in [0.1, 0.15) is 0 Å². The third-order valence-corrected chi connectivity index (χ3v) is 4.39. The van der Waals surface area contributed by atoms with Gasteiger partial charge in [0.05, 0.1) is 12.2 Å². The molecule has 0 bridgehead atoms. The summed E-state index contributed by atoms with van der Waals surface area (Å²) in [6.07, 6.45) is 7.42. The van der Waals surface area contributed by atoms with Crippen LogP contribution in [0, 0.1) is 0 Å². The van der Waals surface area contributed by atoms with E-state index < -0.39 is 0 Å². The molecule has 1 aliphatic rings. The molecule has 2 nitrogen and oxygen atoms in total. The zero-order valence-corrected chi connectivity index (χ0v) is 12.9. The second-order valence-corrected chi connectivity index (χ2v) is 5.82. The van der Waals surface area contributed by atoms with E-state index in [0.29, 0.717) is 6.10 Å². The average Bonchev–Trinajstić information content (AvgIpc) is 2.52. The summed E-state index contributed by atoms with van der Waals surface area (Å²) >= 11 is 0. The van der Waals surface area contributed by atoms with Crippen LogP contribution in [0.25, 0.3) is 0 Å². The van der Waals surface area contributed by atoms with Crippen LogP contribution in [-0.2, 0) is 17.6 Å². The number of hydrogen-bond acceptors (Lipinski definition) is 2. The fourth-order valence-electron chi connectivity index (χ4n) is 3.03. The van der Waals surface area contributed by atoms with Crippen LogP contribution in [0.4, 0.5) is 0 Å². The molecule has 2 unspecified atom stereocenters. The normalized spacial score (nSPS) is 20.9. The molecule has 1 heterocycles. The molecular formula is C18H28O2. The molecule has 0 aliphatic carbocycles. The molecule has 0 aromatic heterocycles. The minimum Gasteiger partial charge on any atom is -0.388 e. The molecule has 0 saturated carbocycles. The first-order valence-corrected chi connectivity index (χ1v) is 8.16. The number of aryl methyl sites for hydroxylation is 2. The molecule has 1 aliphatic heterocycles. The fourth-order valence-corrected chi connectivity index (χ4v) is 3.03. The van der Waals surface area contributed by atoms with Gasteiger partial charge in [0.25, 0.3) is 0 Å². The first-order chi connectivity index (χ1) is 9.74. The van der Waals surface area contributed by atoms with E-state index >= 15 is 0 Å².